The molecule has 0 fully saturated rings. The lowest BCUT2D eigenvalue weighted by Crippen LogP contribution is -2.00. The SMILES string of the molecule is C=C(C)COc1ccc(-c2ccccc2)cc1N. The van der Waals surface area contributed by atoms with Crippen LogP contribution in [0.15, 0.2) is 60.7 Å². The van der Waals surface area contributed by atoms with Gasteiger partial charge in [0.25, 0.3) is 0 Å². The van der Waals surface area contributed by atoms with E-state index < -0.39 is 0 Å². The Morgan fingerprint density at radius 3 is 2.44 bits per heavy atom. The molecule has 0 atom stereocenters. The van der Waals surface area contributed by atoms with Gasteiger partial charge in [0, 0.05) is 0 Å². The van der Waals surface area contributed by atoms with Gasteiger partial charge >= 0.3 is 0 Å². The predicted octanol–water partition coefficient (Wildman–Crippen LogP) is 3.89. The van der Waals surface area contributed by atoms with E-state index in [4.69, 9.17) is 10.5 Å². The number of hydrogen-bond acceptors (Lipinski definition) is 2. The second kappa shape index (κ2) is 5.41. The van der Waals surface area contributed by atoms with Crippen LogP contribution in [0.3, 0.4) is 0 Å². The lowest BCUT2D eigenvalue weighted by molar-refractivity contribution is 0.354. The van der Waals surface area contributed by atoms with E-state index in [9.17, 15) is 0 Å². The summed E-state index contributed by atoms with van der Waals surface area (Å²) in [6.45, 7) is 6.22. The average Bonchev–Trinajstić information content (AvgIpc) is 2.38. The number of anilines is 1. The van der Waals surface area contributed by atoms with Crippen molar-refractivity contribution in [3.63, 3.8) is 0 Å². The highest BCUT2D eigenvalue weighted by Crippen LogP contribution is 2.28. The third kappa shape index (κ3) is 2.92. The zero-order valence-corrected chi connectivity index (χ0v) is 10.5. The van der Waals surface area contributed by atoms with Crippen molar-refractivity contribution < 1.29 is 4.74 Å². The van der Waals surface area contributed by atoms with Crippen LogP contribution < -0.4 is 10.5 Å². The highest BCUT2D eigenvalue weighted by Gasteiger charge is 2.03. The van der Waals surface area contributed by atoms with Crippen LogP contribution in [-0.4, -0.2) is 6.61 Å². The Bertz CT molecular complexity index is 546. The summed E-state index contributed by atoms with van der Waals surface area (Å²) in [6, 6.07) is 16.0. The summed E-state index contributed by atoms with van der Waals surface area (Å²) in [6.07, 6.45) is 0. The molecule has 2 heteroatoms. The Hall–Kier alpha value is -2.22. The Balaban J connectivity index is 2.22. The topological polar surface area (TPSA) is 35.2 Å². The third-order valence-corrected chi connectivity index (χ3v) is 2.59. The molecule has 0 aliphatic carbocycles. The predicted molar refractivity (Wildman–Crippen MR) is 76.6 cm³/mol. The van der Waals surface area contributed by atoms with Gasteiger partial charge in [0.2, 0.25) is 0 Å². The van der Waals surface area contributed by atoms with Crippen LogP contribution in [0.25, 0.3) is 11.1 Å². The second-order valence-corrected chi connectivity index (χ2v) is 4.36. The molecule has 92 valence electrons. The smallest absolute Gasteiger partial charge is 0.142 e. The molecule has 0 aromatic heterocycles. The Kier molecular flexibility index (Phi) is 3.68. The standard InChI is InChI=1S/C16H17NO/c1-12(2)11-18-16-9-8-14(10-15(16)17)13-6-4-3-5-7-13/h3-10H,1,11,17H2,2H3. The van der Waals surface area contributed by atoms with Crippen LogP contribution in [-0.2, 0) is 0 Å². The van der Waals surface area contributed by atoms with Gasteiger partial charge < -0.3 is 10.5 Å². The number of nitrogens with two attached hydrogens (primary N) is 1. The summed E-state index contributed by atoms with van der Waals surface area (Å²) in [7, 11) is 0. The van der Waals surface area contributed by atoms with E-state index >= 15 is 0 Å². The lowest BCUT2D eigenvalue weighted by Gasteiger charge is -2.10. The Morgan fingerprint density at radius 1 is 1.11 bits per heavy atom. The van der Waals surface area contributed by atoms with Gasteiger partial charge in [0.1, 0.15) is 12.4 Å². The van der Waals surface area contributed by atoms with Gasteiger partial charge in [-0.1, -0.05) is 43.0 Å². The quantitative estimate of drug-likeness (QED) is 0.649. The average molecular weight is 239 g/mol. The monoisotopic (exact) mass is 239 g/mol. The Labute approximate surface area is 108 Å². The summed E-state index contributed by atoms with van der Waals surface area (Å²) in [5.74, 6) is 0.706. The fourth-order valence-electron chi connectivity index (χ4n) is 1.69. The van der Waals surface area contributed by atoms with Crippen molar-refractivity contribution in [3.05, 3.63) is 60.7 Å². The molecule has 18 heavy (non-hydrogen) atoms. The molecule has 2 nitrogen and oxygen atoms in total. The fraction of sp³-hybridized carbons (Fsp3) is 0.125. The zero-order chi connectivity index (χ0) is 13.0. The molecule has 0 radical (unpaired) electrons. The fourth-order valence-corrected chi connectivity index (χ4v) is 1.69. The Morgan fingerprint density at radius 2 is 1.83 bits per heavy atom. The van der Waals surface area contributed by atoms with Gasteiger partial charge in [0.05, 0.1) is 5.69 Å². The van der Waals surface area contributed by atoms with Crippen molar-refractivity contribution in [2.75, 3.05) is 12.3 Å². The minimum absolute atomic E-state index is 0.495. The van der Waals surface area contributed by atoms with Crippen molar-refractivity contribution in [1.29, 1.82) is 0 Å². The zero-order valence-electron chi connectivity index (χ0n) is 10.5. The van der Waals surface area contributed by atoms with Crippen molar-refractivity contribution in [2.45, 2.75) is 6.92 Å². The van der Waals surface area contributed by atoms with Gasteiger partial charge in [0.15, 0.2) is 0 Å². The van der Waals surface area contributed by atoms with Gasteiger partial charge in [-0.15, -0.1) is 0 Å². The number of ether oxygens (including phenoxy) is 1. The summed E-state index contributed by atoms with van der Waals surface area (Å²) >= 11 is 0. The van der Waals surface area contributed by atoms with E-state index in [1.807, 2.05) is 43.3 Å². The van der Waals surface area contributed by atoms with Gasteiger partial charge in [-0.25, -0.2) is 0 Å². The molecule has 0 bridgehead atoms. The van der Waals surface area contributed by atoms with Crippen molar-refractivity contribution in [1.82, 2.24) is 0 Å². The normalized spacial score (nSPS) is 10.1. The van der Waals surface area contributed by atoms with Gasteiger partial charge in [-0.2, -0.15) is 0 Å². The molecular formula is C16H17NO. The van der Waals surface area contributed by atoms with Crippen molar-refractivity contribution in [3.8, 4) is 16.9 Å². The number of nitrogen functional groups attached to an aromatic ring is 1. The first kappa shape index (κ1) is 12.2. The highest BCUT2D eigenvalue weighted by atomic mass is 16.5. The summed E-state index contributed by atoms with van der Waals surface area (Å²) in [5.41, 5.74) is 9.86. The summed E-state index contributed by atoms with van der Waals surface area (Å²) in [4.78, 5) is 0. The number of rotatable bonds is 4. The van der Waals surface area contributed by atoms with Gasteiger partial charge in [-0.3, -0.25) is 0 Å². The summed E-state index contributed by atoms with van der Waals surface area (Å²) in [5, 5.41) is 0. The molecular weight excluding hydrogens is 222 g/mol. The van der Waals surface area contributed by atoms with Crippen molar-refractivity contribution >= 4 is 5.69 Å². The summed E-state index contributed by atoms with van der Waals surface area (Å²) < 4.78 is 5.56. The highest BCUT2D eigenvalue weighted by molar-refractivity contribution is 5.70. The largest absolute Gasteiger partial charge is 0.487 e. The molecule has 0 spiro atoms. The molecule has 2 aromatic rings. The molecule has 2 aromatic carbocycles. The minimum atomic E-state index is 0.495. The molecule has 2 N–H and O–H groups in total. The maximum absolute atomic E-state index is 5.99. The molecule has 0 saturated heterocycles. The molecule has 0 aliphatic rings. The molecule has 0 saturated carbocycles. The van der Waals surface area contributed by atoms with Gasteiger partial charge in [-0.05, 0) is 35.8 Å². The maximum Gasteiger partial charge on any atom is 0.142 e. The lowest BCUT2D eigenvalue weighted by atomic mass is 10.1. The van der Waals surface area contributed by atoms with E-state index in [1.54, 1.807) is 0 Å². The van der Waals surface area contributed by atoms with Crippen LogP contribution in [0.1, 0.15) is 6.92 Å². The van der Waals surface area contributed by atoms with Crippen LogP contribution in [0.4, 0.5) is 5.69 Å². The first-order chi connectivity index (χ1) is 8.66. The second-order valence-electron chi connectivity index (χ2n) is 4.36. The molecule has 0 aliphatic heterocycles. The van der Waals surface area contributed by atoms with E-state index in [2.05, 4.69) is 18.7 Å². The van der Waals surface area contributed by atoms with Crippen molar-refractivity contribution in [2.24, 2.45) is 0 Å². The molecule has 0 unspecified atom stereocenters. The molecule has 2 rings (SSSR count). The minimum Gasteiger partial charge on any atom is -0.487 e. The molecule has 0 amide bonds. The number of benzene rings is 2. The third-order valence-electron chi connectivity index (χ3n) is 2.59. The van der Waals surface area contributed by atoms with Crippen LogP contribution in [0.5, 0.6) is 5.75 Å². The molecule has 0 heterocycles. The van der Waals surface area contributed by atoms with Crippen LogP contribution >= 0.6 is 0 Å². The van der Waals surface area contributed by atoms with E-state index in [1.165, 1.54) is 0 Å². The number of hydrogen-bond donors (Lipinski definition) is 1. The first-order valence-electron chi connectivity index (χ1n) is 5.89. The van der Waals surface area contributed by atoms with E-state index in [0.717, 1.165) is 16.7 Å². The van der Waals surface area contributed by atoms with E-state index in [0.29, 0.717) is 18.0 Å². The maximum atomic E-state index is 5.99. The van der Waals surface area contributed by atoms with Crippen LogP contribution in [0.2, 0.25) is 0 Å². The van der Waals surface area contributed by atoms with Crippen LogP contribution in [0, 0.1) is 0 Å². The van der Waals surface area contributed by atoms with E-state index in [-0.39, 0.29) is 0 Å². The first-order valence-corrected chi connectivity index (χ1v) is 5.89.